The molecule has 0 aliphatic carbocycles. The molecular weight excluding hydrogens is 391 g/mol. The largest absolute Gasteiger partial charge is 0.416 e. The van der Waals surface area contributed by atoms with E-state index in [-0.39, 0.29) is 5.91 Å². The van der Waals surface area contributed by atoms with E-state index in [0.29, 0.717) is 17.3 Å². The third kappa shape index (κ3) is 5.59. The zero-order valence-electron chi connectivity index (χ0n) is 16.6. The lowest BCUT2D eigenvalue weighted by molar-refractivity contribution is -0.137. The fourth-order valence-electron chi connectivity index (χ4n) is 2.78. The number of carbonyl (C=O) groups excluding carboxylic acids is 1. The van der Waals surface area contributed by atoms with Crippen molar-refractivity contribution in [3.63, 3.8) is 0 Å². The number of nitrogens with one attached hydrogen (secondary N) is 2. The monoisotopic (exact) mass is 413 g/mol. The molecule has 0 aliphatic heterocycles. The molecule has 2 aromatic carbocycles. The Hall–Kier alpha value is -3.35. The van der Waals surface area contributed by atoms with Crippen LogP contribution in [-0.2, 0) is 11.0 Å². The van der Waals surface area contributed by atoms with Gasteiger partial charge in [-0.2, -0.15) is 13.2 Å². The Labute approximate surface area is 172 Å². The van der Waals surface area contributed by atoms with Gasteiger partial charge in [0.2, 0.25) is 5.91 Å². The molecular formula is C23H22F3N3O. The van der Waals surface area contributed by atoms with Gasteiger partial charge < -0.3 is 10.6 Å². The van der Waals surface area contributed by atoms with Crippen molar-refractivity contribution in [2.45, 2.75) is 32.5 Å². The van der Waals surface area contributed by atoms with E-state index in [9.17, 15) is 18.0 Å². The second-order valence-corrected chi connectivity index (χ2v) is 7.00. The van der Waals surface area contributed by atoms with Crippen LogP contribution in [0.1, 0.15) is 31.4 Å². The minimum Gasteiger partial charge on any atom is -0.368 e. The van der Waals surface area contributed by atoms with Crippen molar-refractivity contribution in [3.8, 4) is 0 Å². The third-order valence-corrected chi connectivity index (χ3v) is 4.63. The minimum absolute atomic E-state index is 0.324. The molecule has 156 valence electrons. The van der Waals surface area contributed by atoms with Crippen LogP contribution in [0.25, 0.3) is 17.0 Å². The van der Waals surface area contributed by atoms with Crippen LogP contribution in [0.4, 0.5) is 24.7 Å². The van der Waals surface area contributed by atoms with E-state index in [2.05, 4.69) is 29.5 Å². The molecule has 0 bridgehead atoms. The highest BCUT2D eigenvalue weighted by atomic mass is 19.4. The normalized spacial score (nSPS) is 12.8. The molecule has 1 amide bonds. The van der Waals surface area contributed by atoms with Crippen molar-refractivity contribution in [1.82, 2.24) is 4.98 Å². The summed E-state index contributed by atoms with van der Waals surface area (Å²) < 4.78 is 37.8. The zero-order valence-corrected chi connectivity index (χ0v) is 16.6. The molecule has 2 N–H and O–H groups in total. The Kier molecular flexibility index (Phi) is 6.40. The number of amides is 1. The van der Waals surface area contributed by atoms with Gasteiger partial charge in [-0.25, -0.2) is 4.98 Å². The summed E-state index contributed by atoms with van der Waals surface area (Å²) in [6.07, 6.45) is -0.643. The van der Waals surface area contributed by atoms with Gasteiger partial charge in [0, 0.05) is 23.2 Å². The number of hydrogen-bond acceptors (Lipinski definition) is 3. The number of anilines is 2. The van der Waals surface area contributed by atoms with E-state index in [0.717, 1.165) is 35.3 Å². The Morgan fingerprint density at radius 3 is 2.50 bits per heavy atom. The maximum Gasteiger partial charge on any atom is 0.416 e. The summed E-state index contributed by atoms with van der Waals surface area (Å²) in [5.41, 5.74) is 1.19. The van der Waals surface area contributed by atoms with Gasteiger partial charge in [-0.1, -0.05) is 19.1 Å². The summed E-state index contributed by atoms with van der Waals surface area (Å²) in [5, 5.41) is 6.95. The SMILES string of the molecule is CC[C@H](C)Nc1ccc2cc(NC(=O)/C=C/c3ccc(C(F)(F)F)cc3)ccc2n1. The van der Waals surface area contributed by atoms with E-state index < -0.39 is 11.7 Å². The molecule has 3 aromatic rings. The van der Waals surface area contributed by atoms with Gasteiger partial charge >= 0.3 is 6.18 Å². The van der Waals surface area contributed by atoms with Crippen LogP contribution in [0.3, 0.4) is 0 Å². The van der Waals surface area contributed by atoms with Gasteiger partial charge in [0.25, 0.3) is 0 Å². The van der Waals surface area contributed by atoms with Crippen molar-refractivity contribution >= 4 is 34.4 Å². The molecule has 0 aliphatic rings. The number of rotatable bonds is 6. The van der Waals surface area contributed by atoms with Crippen LogP contribution >= 0.6 is 0 Å². The van der Waals surface area contributed by atoms with Gasteiger partial charge in [-0.05, 0) is 67.4 Å². The Morgan fingerprint density at radius 2 is 1.83 bits per heavy atom. The van der Waals surface area contributed by atoms with Gasteiger partial charge in [-0.15, -0.1) is 0 Å². The molecule has 1 atom stereocenters. The molecule has 0 saturated heterocycles. The summed E-state index contributed by atoms with van der Waals surface area (Å²) in [5.74, 6) is 0.422. The number of aromatic nitrogens is 1. The first-order valence-corrected chi connectivity index (χ1v) is 9.58. The van der Waals surface area contributed by atoms with Gasteiger partial charge in [-0.3, -0.25) is 4.79 Å². The molecule has 3 rings (SSSR count). The first-order valence-electron chi connectivity index (χ1n) is 9.58. The molecule has 30 heavy (non-hydrogen) atoms. The maximum absolute atomic E-state index is 12.6. The molecule has 0 spiro atoms. The summed E-state index contributed by atoms with van der Waals surface area (Å²) in [4.78, 5) is 16.7. The van der Waals surface area contributed by atoms with Crippen LogP contribution in [0.5, 0.6) is 0 Å². The lowest BCUT2D eigenvalue weighted by Gasteiger charge is -2.12. The third-order valence-electron chi connectivity index (χ3n) is 4.63. The average molecular weight is 413 g/mol. The standard InChI is InChI=1S/C23H22F3N3O/c1-3-15(2)27-21-12-7-17-14-19(10-11-20(17)29-21)28-22(30)13-6-16-4-8-18(9-5-16)23(24,25)26/h4-15H,3H2,1-2H3,(H,27,29)(H,28,30)/b13-6+/t15-/m0/s1. The van der Waals surface area contributed by atoms with Crippen molar-refractivity contribution in [1.29, 1.82) is 0 Å². The highest BCUT2D eigenvalue weighted by Gasteiger charge is 2.29. The molecule has 7 heteroatoms. The van der Waals surface area contributed by atoms with Crippen LogP contribution in [0, 0.1) is 0 Å². The van der Waals surface area contributed by atoms with Crippen LogP contribution in [0.15, 0.2) is 60.7 Å². The van der Waals surface area contributed by atoms with E-state index in [1.165, 1.54) is 24.3 Å². The number of benzene rings is 2. The first-order chi connectivity index (χ1) is 14.2. The van der Waals surface area contributed by atoms with Crippen molar-refractivity contribution in [3.05, 3.63) is 71.8 Å². The number of alkyl halides is 3. The molecule has 0 radical (unpaired) electrons. The maximum atomic E-state index is 12.6. The minimum atomic E-state index is -4.38. The second kappa shape index (κ2) is 8.98. The second-order valence-electron chi connectivity index (χ2n) is 7.00. The fraction of sp³-hybridized carbons (Fsp3) is 0.217. The molecule has 0 fully saturated rings. The Bertz CT molecular complexity index is 1060. The highest BCUT2D eigenvalue weighted by molar-refractivity contribution is 6.03. The summed E-state index contributed by atoms with van der Waals surface area (Å²) in [7, 11) is 0. The predicted molar refractivity (Wildman–Crippen MR) is 114 cm³/mol. The molecule has 1 heterocycles. The number of halogens is 3. The number of nitrogens with zero attached hydrogens (tertiary/aromatic N) is 1. The smallest absolute Gasteiger partial charge is 0.368 e. The molecule has 0 unspecified atom stereocenters. The van der Waals surface area contributed by atoms with Crippen molar-refractivity contribution < 1.29 is 18.0 Å². The number of pyridine rings is 1. The van der Waals surface area contributed by atoms with E-state index in [1.54, 1.807) is 6.07 Å². The molecule has 1 aromatic heterocycles. The van der Waals surface area contributed by atoms with Crippen molar-refractivity contribution in [2.75, 3.05) is 10.6 Å². The Balaban J connectivity index is 1.65. The van der Waals surface area contributed by atoms with Crippen LogP contribution < -0.4 is 10.6 Å². The predicted octanol–water partition coefficient (Wildman–Crippen LogP) is 6.12. The summed E-state index contributed by atoms with van der Waals surface area (Å²) >= 11 is 0. The van der Waals surface area contributed by atoms with Gasteiger partial charge in [0.1, 0.15) is 5.82 Å². The lowest BCUT2D eigenvalue weighted by atomic mass is 10.1. The number of hydrogen-bond donors (Lipinski definition) is 2. The van der Waals surface area contributed by atoms with Crippen LogP contribution in [-0.4, -0.2) is 16.9 Å². The fourth-order valence-corrected chi connectivity index (χ4v) is 2.78. The molecule has 4 nitrogen and oxygen atoms in total. The highest BCUT2D eigenvalue weighted by Crippen LogP contribution is 2.29. The van der Waals surface area contributed by atoms with Crippen molar-refractivity contribution in [2.24, 2.45) is 0 Å². The lowest BCUT2D eigenvalue weighted by Crippen LogP contribution is -2.14. The quantitative estimate of drug-likeness (QED) is 0.479. The van der Waals surface area contributed by atoms with Crippen LogP contribution in [0.2, 0.25) is 0 Å². The van der Waals surface area contributed by atoms with Gasteiger partial charge in [0.05, 0.1) is 11.1 Å². The Morgan fingerprint density at radius 1 is 1.10 bits per heavy atom. The van der Waals surface area contributed by atoms with E-state index in [1.807, 2.05) is 24.3 Å². The van der Waals surface area contributed by atoms with E-state index >= 15 is 0 Å². The average Bonchev–Trinajstić information content (AvgIpc) is 2.72. The number of fused-ring (bicyclic) bond motifs is 1. The molecule has 0 saturated carbocycles. The van der Waals surface area contributed by atoms with Gasteiger partial charge in [0.15, 0.2) is 0 Å². The summed E-state index contributed by atoms with van der Waals surface area (Å²) in [6.45, 7) is 4.18. The number of carbonyl (C=O) groups is 1. The van der Waals surface area contributed by atoms with E-state index in [4.69, 9.17) is 0 Å². The zero-order chi connectivity index (χ0) is 21.7. The first kappa shape index (κ1) is 21.4. The topological polar surface area (TPSA) is 54.0 Å². The summed E-state index contributed by atoms with van der Waals surface area (Å²) in [6, 6.07) is 14.2.